The molecule has 17 heavy (non-hydrogen) atoms. The van der Waals surface area contributed by atoms with Gasteiger partial charge in [0, 0.05) is 9.13 Å². The van der Waals surface area contributed by atoms with Gasteiger partial charge in [0.2, 0.25) is 0 Å². The van der Waals surface area contributed by atoms with Crippen molar-refractivity contribution in [2.45, 2.75) is 18.4 Å². The summed E-state index contributed by atoms with van der Waals surface area (Å²) in [5.41, 5.74) is 3.72. The second-order valence-electron chi connectivity index (χ2n) is 4.49. The van der Waals surface area contributed by atoms with E-state index in [9.17, 15) is 0 Å². The van der Waals surface area contributed by atoms with E-state index in [1.54, 1.807) is 5.17 Å². The van der Waals surface area contributed by atoms with E-state index < -0.39 is 0 Å². The molecule has 0 aromatic heterocycles. The van der Waals surface area contributed by atoms with Crippen LogP contribution in [0.25, 0.3) is 0 Å². The van der Waals surface area contributed by atoms with E-state index >= 15 is 0 Å². The fourth-order valence-electron chi connectivity index (χ4n) is 2.45. The topological polar surface area (TPSA) is 0 Å². The summed E-state index contributed by atoms with van der Waals surface area (Å²) in [6.07, 6.45) is 2.58. The fraction of sp³-hybridized carbons (Fsp3) is 0.188. The first-order valence-corrected chi connectivity index (χ1v) is 7.24. The first-order valence-electron chi connectivity index (χ1n) is 6.16. The summed E-state index contributed by atoms with van der Waals surface area (Å²) in [6, 6.07) is 21.8. The predicted octanol–water partition coefficient (Wildman–Crippen LogP) is 3.45. The van der Waals surface area contributed by atoms with E-state index in [1.807, 2.05) is 0 Å². The molecule has 0 bridgehead atoms. The van der Waals surface area contributed by atoms with E-state index in [0.717, 1.165) is 14.7 Å². The van der Waals surface area contributed by atoms with E-state index in [0.29, 0.717) is 0 Å². The standard InChI is InChI=1S/C16H15Si/c1-3-7-13(8-4-1)15-11-12-16(17-15)14-9-5-2-6-10-14/h1-10,15H,11-12H2. The van der Waals surface area contributed by atoms with Crippen LogP contribution in [0.1, 0.15) is 29.5 Å². The summed E-state index contributed by atoms with van der Waals surface area (Å²) in [5.74, 6) is 0. The van der Waals surface area contributed by atoms with Crippen LogP contribution < -0.4 is 0 Å². The van der Waals surface area contributed by atoms with Gasteiger partial charge in [-0.05, 0) is 29.5 Å². The lowest BCUT2D eigenvalue weighted by Crippen LogP contribution is -2.01. The van der Waals surface area contributed by atoms with Crippen molar-refractivity contribution < 1.29 is 0 Å². The largest absolute Gasteiger partial charge is 0.0622 e. The highest BCUT2D eigenvalue weighted by atomic mass is 28.2. The van der Waals surface area contributed by atoms with Crippen molar-refractivity contribution in [3.63, 3.8) is 0 Å². The molecule has 1 unspecified atom stereocenters. The lowest BCUT2D eigenvalue weighted by Gasteiger charge is -2.05. The van der Waals surface area contributed by atoms with Crippen LogP contribution in [0.5, 0.6) is 0 Å². The van der Waals surface area contributed by atoms with Gasteiger partial charge in [-0.25, -0.2) is 0 Å². The third-order valence-corrected chi connectivity index (χ3v) is 5.21. The van der Waals surface area contributed by atoms with Crippen LogP contribution in [0.3, 0.4) is 0 Å². The van der Waals surface area contributed by atoms with Crippen molar-refractivity contribution >= 4 is 14.3 Å². The quantitative estimate of drug-likeness (QED) is 0.699. The minimum absolute atomic E-state index is 0.756. The van der Waals surface area contributed by atoms with E-state index in [-0.39, 0.29) is 0 Å². The highest BCUT2D eigenvalue weighted by Gasteiger charge is 2.18. The van der Waals surface area contributed by atoms with Gasteiger partial charge in [-0.1, -0.05) is 65.8 Å². The number of benzene rings is 2. The van der Waals surface area contributed by atoms with Crippen LogP contribution in [-0.4, -0.2) is 14.3 Å². The SMILES string of the molecule is c1ccc(C2=[Si]C(c3ccccc3)CC2)cc1. The molecule has 1 aliphatic rings. The third kappa shape index (κ3) is 2.29. The highest BCUT2D eigenvalue weighted by molar-refractivity contribution is 6.60. The molecule has 83 valence electrons. The van der Waals surface area contributed by atoms with Crippen LogP contribution in [0.15, 0.2) is 60.7 Å². The molecule has 0 amide bonds. The Bertz CT molecular complexity index is 514. The summed E-state index contributed by atoms with van der Waals surface area (Å²) in [5, 5.41) is 1.65. The molecule has 1 aliphatic heterocycles. The molecular weight excluding hydrogens is 220 g/mol. The van der Waals surface area contributed by atoms with Crippen molar-refractivity contribution in [2.24, 2.45) is 0 Å². The van der Waals surface area contributed by atoms with Gasteiger partial charge in [-0.3, -0.25) is 0 Å². The molecule has 0 N–H and O–H groups in total. The molecule has 0 fully saturated rings. The lowest BCUT2D eigenvalue weighted by atomic mass is 10.0. The second-order valence-corrected chi connectivity index (χ2v) is 6.08. The second kappa shape index (κ2) is 4.80. The van der Waals surface area contributed by atoms with Crippen LogP contribution >= 0.6 is 0 Å². The Labute approximate surface area is 105 Å². The molecule has 3 rings (SSSR count). The summed E-state index contributed by atoms with van der Waals surface area (Å²) >= 11 is 0. The molecule has 0 spiro atoms. The molecule has 2 aromatic carbocycles. The van der Waals surface area contributed by atoms with Crippen LogP contribution in [0, 0.1) is 0 Å². The maximum absolute atomic E-state index is 2.27. The highest BCUT2D eigenvalue weighted by Crippen LogP contribution is 2.25. The summed E-state index contributed by atoms with van der Waals surface area (Å²) in [4.78, 5) is 0. The minimum Gasteiger partial charge on any atom is -0.0622 e. The molecule has 0 aliphatic carbocycles. The van der Waals surface area contributed by atoms with Crippen LogP contribution in [0.4, 0.5) is 0 Å². The Morgan fingerprint density at radius 1 is 0.824 bits per heavy atom. The van der Waals surface area contributed by atoms with Gasteiger partial charge < -0.3 is 0 Å². The van der Waals surface area contributed by atoms with Gasteiger partial charge in [-0.15, -0.1) is 0 Å². The molecule has 0 nitrogen and oxygen atoms in total. The molecule has 1 atom stereocenters. The Hall–Kier alpha value is -1.47. The Morgan fingerprint density at radius 3 is 2.18 bits per heavy atom. The van der Waals surface area contributed by atoms with Crippen molar-refractivity contribution in [1.82, 2.24) is 0 Å². The van der Waals surface area contributed by atoms with Crippen molar-refractivity contribution in [1.29, 1.82) is 0 Å². The van der Waals surface area contributed by atoms with Gasteiger partial charge in [0.05, 0.1) is 0 Å². The zero-order valence-corrected chi connectivity index (χ0v) is 10.8. The first-order chi connectivity index (χ1) is 8.43. The molecular formula is C16H15Si. The van der Waals surface area contributed by atoms with Crippen molar-refractivity contribution in [3.8, 4) is 0 Å². The fourth-order valence-corrected chi connectivity index (χ4v) is 4.14. The Kier molecular flexibility index (Phi) is 3.01. The molecule has 0 saturated carbocycles. The smallest absolute Gasteiger partial charge is 0.0329 e. The molecule has 1 radical (unpaired) electrons. The molecule has 0 saturated heterocycles. The average molecular weight is 235 g/mol. The van der Waals surface area contributed by atoms with Gasteiger partial charge in [0.1, 0.15) is 0 Å². The normalized spacial score (nSPS) is 19.1. The van der Waals surface area contributed by atoms with Crippen LogP contribution in [0.2, 0.25) is 0 Å². The maximum Gasteiger partial charge on any atom is 0.0329 e. The van der Waals surface area contributed by atoms with Crippen molar-refractivity contribution in [3.05, 3.63) is 71.8 Å². The van der Waals surface area contributed by atoms with Crippen LogP contribution in [-0.2, 0) is 0 Å². The van der Waals surface area contributed by atoms with E-state index in [2.05, 4.69) is 60.7 Å². The first kappa shape index (κ1) is 10.7. The van der Waals surface area contributed by atoms with Gasteiger partial charge in [0.25, 0.3) is 0 Å². The maximum atomic E-state index is 2.27. The number of hydrogen-bond donors (Lipinski definition) is 0. The minimum atomic E-state index is 0.756. The Morgan fingerprint density at radius 2 is 1.47 bits per heavy atom. The van der Waals surface area contributed by atoms with E-state index in [1.165, 1.54) is 24.0 Å². The average Bonchev–Trinajstić information content (AvgIpc) is 2.90. The molecule has 1 heteroatoms. The zero-order chi connectivity index (χ0) is 11.5. The van der Waals surface area contributed by atoms with Gasteiger partial charge >= 0.3 is 0 Å². The molecule has 2 aromatic rings. The summed E-state index contributed by atoms with van der Waals surface area (Å²) in [6.45, 7) is 0. The zero-order valence-electron chi connectivity index (χ0n) is 9.77. The third-order valence-electron chi connectivity index (χ3n) is 3.36. The Balaban J connectivity index is 1.87. The van der Waals surface area contributed by atoms with Gasteiger partial charge in [0.15, 0.2) is 0 Å². The lowest BCUT2D eigenvalue weighted by molar-refractivity contribution is 0.855. The van der Waals surface area contributed by atoms with Crippen molar-refractivity contribution in [2.75, 3.05) is 0 Å². The number of rotatable bonds is 2. The predicted molar refractivity (Wildman–Crippen MR) is 74.7 cm³/mol. The van der Waals surface area contributed by atoms with E-state index in [4.69, 9.17) is 0 Å². The van der Waals surface area contributed by atoms with Gasteiger partial charge in [-0.2, -0.15) is 0 Å². The summed E-state index contributed by atoms with van der Waals surface area (Å²) in [7, 11) is 0.962. The molecule has 1 heterocycles. The monoisotopic (exact) mass is 235 g/mol. The number of hydrogen-bond acceptors (Lipinski definition) is 0. The summed E-state index contributed by atoms with van der Waals surface area (Å²) < 4.78 is 0.